The van der Waals surface area contributed by atoms with Crippen LogP contribution in [-0.4, -0.2) is 17.4 Å². The van der Waals surface area contributed by atoms with Crippen LogP contribution in [0, 0.1) is 6.92 Å². The average Bonchev–Trinajstić information content (AvgIpc) is 3.15. The number of benzene rings is 1. The lowest BCUT2D eigenvalue weighted by molar-refractivity contribution is 0.0946. The normalized spacial score (nSPS) is 17.9. The van der Waals surface area contributed by atoms with Crippen LogP contribution in [0.15, 0.2) is 29.6 Å². The van der Waals surface area contributed by atoms with E-state index in [0.717, 1.165) is 23.5 Å². The number of carbonyl (C=O) groups is 1. The van der Waals surface area contributed by atoms with Gasteiger partial charge in [0.15, 0.2) is 0 Å². The highest BCUT2D eigenvalue weighted by molar-refractivity contribution is 7.09. The highest BCUT2D eigenvalue weighted by atomic mass is 32.1. The van der Waals surface area contributed by atoms with E-state index in [4.69, 9.17) is 0 Å². The third kappa shape index (κ3) is 3.49. The van der Waals surface area contributed by atoms with E-state index in [1.54, 1.807) is 11.3 Å². The Morgan fingerprint density at radius 3 is 3.19 bits per heavy atom. The molecule has 1 aliphatic rings. The predicted molar refractivity (Wildman–Crippen MR) is 84.4 cm³/mol. The molecule has 2 heterocycles. The molecule has 0 spiro atoms. The Kier molecular flexibility index (Phi) is 4.31. The first-order valence-corrected chi connectivity index (χ1v) is 8.13. The first kappa shape index (κ1) is 14.2. The zero-order chi connectivity index (χ0) is 14.7. The molecule has 1 unspecified atom stereocenters. The molecule has 0 aliphatic carbocycles. The molecule has 1 atom stereocenters. The van der Waals surface area contributed by atoms with Crippen LogP contribution in [0.3, 0.4) is 0 Å². The molecule has 1 fully saturated rings. The van der Waals surface area contributed by atoms with Gasteiger partial charge in [0.25, 0.3) is 5.91 Å². The van der Waals surface area contributed by atoms with Gasteiger partial charge in [-0.25, -0.2) is 4.98 Å². The molecule has 0 bridgehead atoms. The van der Waals surface area contributed by atoms with Gasteiger partial charge in [0.05, 0.1) is 6.04 Å². The summed E-state index contributed by atoms with van der Waals surface area (Å²) in [5.41, 5.74) is 2.83. The lowest BCUT2D eigenvalue weighted by atomic mass is 10.1. The minimum absolute atomic E-state index is 0.1000. The van der Waals surface area contributed by atoms with Crippen LogP contribution in [0.4, 0.5) is 0 Å². The van der Waals surface area contributed by atoms with Crippen molar-refractivity contribution in [2.24, 2.45) is 0 Å². The highest BCUT2D eigenvalue weighted by Crippen LogP contribution is 2.25. The standard InChI is InChI=1S/C16H19N3OS/c1-11-4-2-5-12(8-11)9-18-15(20)14-10-21-16(19-14)13-6-3-7-17-13/h2,4-5,8,10,13,17H,3,6-7,9H2,1H3,(H,18,20). The van der Waals surface area contributed by atoms with Crippen molar-refractivity contribution in [3.63, 3.8) is 0 Å². The smallest absolute Gasteiger partial charge is 0.271 e. The van der Waals surface area contributed by atoms with Crippen molar-refractivity contribution in [1.82, 2.24) is 15.6 Å². The number of hydrogen-bond donors (Lipinski definition) is 2. The Balaban J connectivity index is 1.60. The Morgan fingerprint density at radius 2 is 2.43 bits per heavy atom. The van der Waals surface area contributed by atoms with Crippen molar-refractivity contribution in [2.75, 3.05) is 6.54 Å². The zero-order valence-corrected chi connectivity index (χ0v) is 12.9. The number of aryl methyl sites for hydroxylation is 1. The van der Waals surface area contributed by atoms with E-state index in [9.17, 15) is 4.79 Å². The first-order valence-electron chi connectivity index (χ1n) is 7.25. The van der Waals surface area contributed by atoms with Gasteiger partial charge in [-0.2, -0.15) is 0 Å². The molecule has 110 valence electrons. The van der Waals surface area contributed by atoms with Crippen molar-refractivity contribution >= 4 is 17.2 Å². The van der Waals surface area contributed by atoms with Gasteiger partial charge in [-0.15, -0.1) is 11.3 Å². The number of hydrogen-bond acceptors (Lipinski definition) is 4. The van der Waals surface area contributed by atoms with Gasteiger partial charge in [-0.3, -0.25) is 4.79 Å². The van der Waals surface area contributed by atoms with E-state index in [-0.39, 0.29) is 5.91 Å². The Labute approximate surface area is 128 Å². The van der Waals surface area contributed by atoms with Gasteiger partial charge in [0.2, 0.25) is 0 Å². The molecule has 5 heteroatoms. The summed E-state index contributed by atoms with van der Waals surface area (Å²) in [5.74, 6) is -0.1000. The molecule has 1 saturated heterocycles. The van der Waals surface area contributed by atoms with E-state index in [1.165, 1.54) is 12.0 Å². The second-order valence-electron chi connectivity index (χ2n) is 5.39. The van der Waals surface area contributed by atoms with E-state index in [2.05, 4.69) is 21.7 Å². The van der Waals surface area contributed by atoms with E-state index in [1.807, 2.05) is 30.5 Å². The summed E-state index contributed by atoms with van der Waals surface area (Å²) in [6.07, 6.45) is 2.29. The molecule has 1 aromatic heterocycles. The van der Waals surface area contributed by atoms with Crippen molar-refractivity contribution in [3.05, 3.63) is 51.5 Å². The molecule has 4 nitrogen and oxygen atoms in total. The summed E-state index contributed by atoms with van der Waals surface area (Å²) >= 11 is 1.56. The molecule has 0 radical (unpaired) electrons. The number of rotatable bonds is 4. The molecule has 3 rings (SSSR count). The maximum absolute atomic E-state index is 12.1. The summed E-state index contributed by atoms with van der Waals surface area (Å²) in [4.78, 5) is 16.6. The number of nitrogens with zero attached hydrogens (tertiary/aromatic N) is 1. The van der Waals surface area contributed by atoms with Crippen LogP contribution in [0.25, 0.3) is 0 Å². The van der Waals surface area contributed by atoms with Crippen LogP contribution >= 0.6 is 11.3 Å². The van der Waals surface area contributed by atoms with Crippen LogP contribution in [-0.2, 0) is 6.54 Å². The van der Waals surface area contributed by atoms with Crippen LogP contribution in [0.2, 0.25) is 0 Å². The Bertz CT molecular complexity index is 632. The largest absolute Gasteiger partial charge is 0.347 e. The molecular weight excluding hydrogens is 282 g/mol. The topological polar surface area (TPSA) is 54.0 Å². The van der Waals surface area contributed by atoms with Gasteiger partial charge in [-0.05, 0) is 31.9 Å². The summed E-state index contributed by atoms with van der Waals surface area (Å²) < 4.78 is 0. The van der Waals surface area contributed by atoms with Crippen molar-refractivity contribution in [2.45, 2.75) is 32.4 Å². The predicted octanol–water partition coefficient (Wildman–Crippen LogP) is 2.81. The fraction of sp³-hybridized carbons (Fsp3) is 0.375. The summed E-state index contributed by atoms with van der Waals surface area (Å²) in [6, 6.07) is 8.47. The van der Waals surface area contributed by atoms with Crippen LogP contribution in [0.1, 0.15) is 45.5 Å². The molecule has 1 amide bonds. The minimum atomic E-state index is -0.1000. The second kappa shape index (κ2) is 6.37. The summed E-state index contributed by atoms with van der Waals surface area (Å²) in [6.45, 7) is 3.63. The maximum atomic E-state index is 12.1. The first-order chi connectivity index (χ1) is 10.2. The summed E-state index contributed by atoms with van der Waals surface area (Å²) in [7, 11) is 0. The monoisotopic (exact) mass is 301 g/mol. The minimum Gasteiger partial charge on any atom is -0.347 e. The fourth-order valence-electron chi connectivity index (χ4n) is 2.54. The zero-order valence-electron chi connectivity index (χ0n) is 12.1. The van der Waals surface area contributed by atoms with Crippen LogP contribution in [0.5, 0.6) is 0 Å². The lowest BCUT2D eigenvalue weighted by Gasteiger charge is -2.05. The van der Waals surface area contributed by atoms with E-state index in [0.29, 0.717) is 18.3 Å². The SMILES string of the molecule is Cc1cccc(CNC(=O)c2csc(C3CCCN3)n2)c1. The maximum Gasteiger partial charge on any atom is 0.271 e. The Morgan fingerprint density at radius 1 is 1.52 bits per heavy atom. The average molecular weight is 301 g/mol. The second-order valence-corrected chi connectivity index (χ2v) is 6.28. The molecule has 1 aliphatic heterocycles. The van der Waals surface area contributed by atoms with Crippen molar-refractivity contribution < 1.29 is 4.79 Å². The third-order valence-corrected chi connectivity index (χ3v) is 4.61. The van der Waals surface area contributed by atoms with Gasteiger partial charge in [0.1, 0.15) is 10.7 Å². The number of carbonyl (C=O) groups excluding carboxylic acids is 1. The fourth-order valence-corrected chi connectivity index (χ4v) is 3.45. The highest BCUT2D eigenvalue weighted by Gasteiger charge is 2.20. The number of nitrogens with one attached hydrogen (secondary N) is 2. The van der Waals surface area contributed by atoms with Crippen molar-refractivity contribution in [1.29, 1.82) is 0 Å². The molecule has 2 aromatic rings. The van der Waals surface area contributed by atoms with Gasteiger partial charge < -0.3 is 10.6 Å². The lowest BCUT2D eigenvalue weighted by Crippen LogP contribution is -2.23. The third-order valence-electron chi connectivity index (χ3n) is 3.65. The number of aromatic nitrogens is 1. The summed E-state index contributed by atoms with van der Waals surface area (Å²) in [5, 5.41) is 9.21. The number of amides is 1. The van der Waals surface area contributed by atoms with E-state index >= 15 is 0 Å². The van der Waals surface area contributed by atoms with Gasteiger partial charge >= 0.3 is 0 Å². The van der Waals surface area contributed by atoms with Gasteiger partial charge in [-0.1, -0.05) is 29.8 Å². The molecular formula is C16H19N3OS. The van der Waals surface area contributed by atoms with E-state index < -0.39 is 0 Å². The Hall–Kier alpha value is -1.72. The quantitative estimate of drug-likeness (QED) is 0.913. The molecule has 1 aromatic carbocycles. The number of thiazole rings is 1. The van der Waals surface area contributed by atoms with Gasteiger partial charge in [0, 0.05) is 11.9 Å². The van der Waals surface area contributed by atoms with Crippen molar-refractivity contribution in [3.8, 4) is 0 Å². The molecule has 21 heavy (non-hydrogen) atoms. The molecule has 2 N–H and O–H groups in total. The van der Waals surface area contributed by atoms with Crippen LogP contribution < -0.4 is 10.6 Å². The molecule has 0 saturated carbocycles.